The molecule has 0 aliphatic heterocycles. The van der Waals surface area contributed by atoms with E-state index in [1.165, 1.54) is 6.07 Å². The summed E-state index contributed by atoms with van der Waals surface area (Å²) in [5, 5.41) is 5.29. The summed E-state index contributed by atoms with van der Waals surface area (Å²) in [6, 6.07) is 3.59. The number of alkyl carbamates (subject to hydrolysis) is 1. The Balaban J connectivity index is 1.76. The van der Waals surface area contributed by atoms with Gasteiger partial charge in [-0.2, -0.15) is 13.2 Å². The van der Waals surface area contributed by atoms with Crippen molar-refractivity contribution in [2.45, 2.75) is 62.1 Å². The Labute approximate surface area is 178 Å². The van der Waals surface area contributed by atoms with Crippen LogP contribution in [0, 0.1) is 17.8 Å². The zero-order chi connectivity index (χ0) is 23.2. The molecule has 2 aliphatic rings. The Morgan fingerprint density at radius 3 is 2.35 bits per heavy atom. The molecule has 4 atom stereocenters. The van der Waals surface area contributed by atoms with E-state index >= 15 is 0 Å². The second-order valence-corrected chi connectivity index (χ2v) is 10.9. The van der Waals surface area contributed by atoms with E-state index in [4.69, 9.17) is 4.74 Å². The number of halogens is 3. The predicted octanol–water partition coefficient (Wildman–Crippen LogP) is 3.86. The molecule has 1 aromatic rings. The van der Waals surface area contributed by atoms with Crippen LogP contribution in [0.4, 0.5) is 23.7 Å². The van der Waals surface area contributed by atoms with Gasteiger partial charge in [0.2, 0.25) is 5.91 Å². The number of sulfone groups is 1. The van der Waals surface area contributed by atoms with Crippen LogP contribution in [0.25, 0.3) is 0 Å². The van der Waals surface area contributed by atoms with E-state index < -0.39 is 49.8 Å². The minimum Gasteiger partial charge on any atom is -0.444 e. The Morgan fingerprint density at radius 2 is 1.74 bits per heavy atom. The highest BCUT2D eigenvalue weighted by atomic mass is 32.2. The highest BCUT2D eigenvalue weighted by Crippen LogP contribution is 2.49. The molecule has 3 rings (SSSR count). The van der Waals surface area contributed by atoms with Gasteiger partial charge in [-0.3, -0.25) is 4.79 Å². The third-order valence-electron chi connectivity index (χ3n) is 5.62. The van der Waals surface area contributed by atoms with Crippen LogP contribution in [0.2, 0.25) is 0 Å². The SMILES string of the molecule is CC(C)(C)OC(=O)N[C@@H]1[C@H]2CC[C@H](C2)[C@@H]1C(=O)Nc1cccc(S(=O)(=O)C(F)(F)F)c1. The van der Waals surface area contributed by atoms with Crippen LogP contribution in [-0.4, -0.2) is 37.6 Å². The maximum Gasteiger partial charge on any atom is 0.501 e. The zero-order valence-electron chi connectivity index (χ0n) is 17.3. The molecule has 1 aromatic carbocycles. The average molecular weight is 462 g/mol. The number of ether oxygens (including phenoxy) is 1. The van der Waals surface area contributed by atoms with E-state index in [2.05, 4.69) is 10.6 Å². The molecule has 0 saturated heterocycles. The van der Waals surface area contributed by atoms with Crippen LogP contribution in [0.3, 0.4) is 0 Å². The van der Waals surface area contributed by atoms with Crippen LogP contribution < -0.4 is 10.6 Å². The molecule has 0 spiro atoms. The summed E-state index contributed by atoms with van der Waals surface area (Å²) in [4.78, 5) is 24.2. The fourth-order valence-corrected chi connectivity index (χ4v) is 5.23. The molecular weight excluding hydrogens is 437 g/mol. The van der Waals surface area contributed by atoms with Gasteiger partial charge in [-0.15, -0.1) is 0 Å². The van der Waals surface area contributed by atoms with Crippen LogP contribution in [0.1, 0.15) is 40.0 Å². The average Bonchev–Trinajstić information content (AvgIpc) is 3.20. The van der Waals surface area contributed by atoms with Gasteiger partial charge in [-0.05, 0) is 70.1 Å². The van der Waals surface area contributed by atoms with Crippen LogP contribution in [0.15, 0.2) is 29.2 Å². The summed E-state index contributed by atoms with van der Waals surface area (Å²) in [6.07, 6.45) is 1.77. The number of nitrogens with one attached hydrogen (secondary N) is 2. The summed E-state index contributed by atoms with van der Waals surface area (Å²) in [5.74, 6) is -0.943. The van der Waals surface area contributed by atoms with Gasteiger partial charge in [-0.25, -0.2) is 13.2 Å². The molecule has 0 heterocycles. The number of hydrogen-bond acceptors (Lipinski definition) is 5. The minimum atomic E-state index is -5.53. The van der Waals surface area contributed by atoms with Crippen molar-refractivity contribution >= 4 is 27.5 Å². The number of amides is 2. The minimum absolute atomic E-state index is 0.0204. The van der Waals surface area contributed by atoms with Crippen LogP contribution in [-0.2, 0) is 19.4 Å². The molecule has 172 valence electrons. The standard InChI is InChI=1S/C20H25F3N2O5S/c1-19(2,3)30-18(27)25-16-12-8-7-11(9-12)15(16)17(26)24-13-5-4-6-14(10-13)31(28,29)20(21,22)23/h4-6,10-12,15-16H,7-9H2,1-3H3,(H,24,26)(H,25,27)/t11-,12+,15+,16-/m1/s1. The van der Waals surface area contributed by atoms with Gasteiger partial charge in [-0.1, -0.05) is 6.07 Å². The summed E-state index contributed by atoms with van der Waals surface area (Å²) < 4.78 is 67.0. The lowest BCUT2D eigenvalue weighted by atomic mass is 9.83. The molecule has 2 N–H and O–H groups in total. The van der Waals surface area contributed by atoms with Crippen molar-refractivity contribution in [3.63, 3.8) is 0 Å². The van der Waals surface area contributed by atoms with Crippen LogP contribution in [0.5, 0.6) is 0 Å². The first kappa shape index (κ1) is 23.4. The highest BCUT2D eigenvalue weighted by Gasteiger charge is 2.52. The first-order chi connectivity index (χ1) is 14.2. The van der Waals surface area contributed by atoms with Gasteiger partial charge >= 0.3 is 11.6 Å². The molecule has 0 aromatic heterocycles. The third-order valence-corrected chi connectivity index (χ3v) is 7.10. The summed E-state index contributed by atoms with van der Waals surface area (Å²) >= 11 is 0. The lowest BCUT2D eigenvalue weighted by Gasteiger charge is -2.31. The molecular formula is C20H25F3N2O5S. The van der Waals surface area contributed by atoms with Gasteiger partial charge in [0.05, 0.1) is 10.8 Å². The van der Waals surface area contributed by atoms with Crippen molar-refractivity contribution in [1.29, 1.82) is 0 Å². The Bertz CT molecular complexity index is 972. The van der Waals surface area contributed by atoms with E-state index in [1.54, 1.807) is 20.8 Å². The number of rotatable bonds is 4. The number of hydrogen-bond donors (Lipinski definition) is 2. The number of carbonyl (C=O) groups is 2. The smallest absolute Gasteiger partial charge is 0.444 e. The van der Waals surface area contributed by atoms with Crippen molar-refractivity contribution < 1.29 is 35.9 Å². The lowest BCUT2D eigenvalue weighted by molar-refractivity contribution is -0.122. The number of fused-ring (bicyclic) bond motifs is 2. The molecule has 0 radical (unpaired) electrons. The van der Waals surface area contributed by atoms with Crippen LogP contribution >= 0.6 is 0 Å². The highest BCUT2D eigenvalue weighted by molar-refractivity contribution is 7.92. The molecule has 31 heavy (non-hydrogen) atoms. The quantitative estimate of drug-likeness (QED) is 0.708. The summed E-state index contributed by atoms with van der Waals surface area (Å²) in [7, 11) is -5.53. The van der Waals surface area contributed by atoms with E-state index in [-0.39, 0.29) is 17.5 Å². The maximum atomic E-state index is 13.0. The molecule has 11 heteroatoms. The number of alkyl halides is 3. The van der Waals surface area contributed by atoms with E-state index in [0.29, 0.717) is 0 Å². The molecule has 2 bridgehead atoms. The van der Waals surface area contributed by atoms with Gasteiger partial charge in [0.15, 0.2) is 0 Å². The van der Waals surface area contributed by atoms with E-state index in [1.807, 2.05) is 0 Å². The summed E-state index contributed by atoms with van der Waals surface area (Å²) in [6.45, 7) is 5.17. The van der Waals surface area contributed by atoms with Crippen molar-refractivity contribution in [3.8, 4) is 0 Å². The molecule has 2 saturated carbocycles. The fraction of sp³-hybridized carbons (Fsp3) is 0.600. The molecule has 2 aliphatic carbocycles. The third kappa shape index (κ3) is 4.97. The normalized spacial score (nSPS) is 25.9. The molecule has 0 unspecified atom stereocenters. The Hall–Kier alpha value is -2.30. The lowest BCUT2D eigenvalue weighted by Crippen LogP contribution is -2.49. The first-order valence-corrected chi connectivity index (χ1v) is 11.4. The number of benzene rings is 1. The second kappa shape index (κ2) is 7.99. The first-order valence-electron chi connectivity index (χ1n) is 9.91. The molecule has 2 fully saturated rings. The predicted molar refractivity (Wildman–Crippen MR) is 106 cm³/mol. The van der Waals surface area contributed by atoms with Gasteiger partial charge in [0, 0.05) is 11.7 Å². The van der Waals surface area contributed by atoms with Gasteiger partial charge < -0.3 is 15.4 Å². The molecule has 7 nitrogen and oxygen atoms in total. The monoisotopic (exact) mass is 462 g/mol. The largest absolute Gasteiger partial charge is 0.501 e. The van der Waals surface area contributed by atoms with Crippen molar-refractivity contribution in [3.05, 3.63) is 24.3 Å². The number of carbonyl (C=O) groups excluding carboxylic acids is 2. The van der Waals surface area contributed by atoms with Crippen molar-refractivity contribution in [2.75, 3.05) is 5.32 Å². The van der Waals surface area contributed by atoms with E-state index in [0.717, 1.165) is 37.5 Å². The second-order valence-electron chi connectivity index (χ2n) is 9.00. The molecule has 2 amide bonds. The Morgan fingerprint density at radius 1 is 1.10 bits per heavy atom. The maximum absolute atomic E-state index is 13.0. The topological polar surface area (TPSA) is 102 Å². The van der Waals surface area contributed by atoms with Crippen molar-refractivity contribution in [2.24, 2.45) is 17.8 Å². The van der Waals surface area contributed by atoms with Gasteiger partial charge in [0.1, 0.15) is 5.60 Å². The fourth-order valence-electron chi connectivity index (χ4n) is 4.42. The number of anilines is 1. The Kier molecular flexibility index (Phi) is 6.03. The summed E-state index contributed by atoms with van der Waals surface area (Å²) in [5.41, 5.74) is -6.21. The van der Waals surface area contributed by atoms with Crippen molar-refractivity contribution in [1.82, 2.24) is 5.32 Å². The zero-order valence-corrected chi connectivity index (χ0v) is 18.1. The van der Waals surface area contributed by atoms with Gasteiger partial charge in [0.25, 0.3) is 9.84 Å². The van der Waals surface area contributed by atoms with E-state index in [9.17, 15) is 31.2 Å².